The van der Waals surface area contributed by atoms with Gasteiger partial charge in [-0.1, -0.05) is 26.3 Å². The van der Waals surface area contributed by atoms with Gasteiger partial charge in [0.2, 0.25) is 0 Å². The van der Waals surface area contributed by atoms with E-state index < -0.39 is 29.1 Å². The second-order valence-corrected chi connectivity index (χ2v) is 11.1. The maximum absolute atomic E-state index is 12.7. The van der Waals surface area contributed by atoms with Gasteiger partial charge in [-0.2, -0.15) is 0 Å². The fourth-order valence-electron chi connectivity index (χ4n) is 6.70. The van der Waals surface area contributed by atoms with E-state index >= 15 is 0 Å². The lowest BCUT2D eigenvalue weighted by Crippen LogP contribution is -2.71. The van der Waals surface area contributed by atoms with Crippen molar-refractivity contribution in [1.82, 2.24) is 0 Å². The molecule has 0 bridgehead atoms. The van der Waals surface area contributed by atoms with Crippen LogP contribution in [0.4, 0.5) is 0 Å². The fraction of sp³-hybridized carbons (Fsp3) is 0.741. The molecule has 1 heterocycles. The molecule has 0 radical (unpaired) electrons. The van der Waals surface area contributed by atoms with E-state index in [4.69, 9.17) is 25.8 Å². The highest BCUT2D eigenvalue weighted by Gasteiger charge is 2.69. The molecule has 1 aliphatic heterocycles. The Kier molecular flexibility index (Phi) is 8.42. The Bertz CT molecular complexity index is 911. The van der Waals surface area contributed by atoms with E-state index in [0.717, 1.165) is 24.8 Å². The van der Waals surface area contributed by atoms with Crippen molar-refractivity contribution in [3.63, 3.8) is 0 Å². The number of esters is 3. The van der Waals surface area contributed by atoms with Crippen molar-refractivity contribution in [2.75, 3.05) is 19.1 Å². The van der Waals surface area contributed by atoms with Crippen LogP contribution in [0.25, 0.3) is 0 Å². The first-order valence-corrected chi connectivity index (χ1v) is 13.1. The molecule has 3 rings (SSSR count). The van der Waals surface area contributed by atoms with Crippen LogP contribution < -0.4 is 0 Å². The van der Waals surface area contributed by atoms with E-state index in [-0.39, 0.29) is 35.7 Å². The maximum atomic E-state index is 12.7. The monoisotopic (exact) mass is 510 g/mol. The van der Waals surface area contributed by atoms with Crippen LogP contribution in [-0.2, 0) is 28.6 Å². The molecule has 8 heteroatoms. The molecule has 35 heavy (non-hydrogen) atoms. The van der Waals surface area contributed by atoms with Crippen molar-refractivity contribution < 1.29 is 33.7 Å². The number of hydrogen-bond acceptors (Lipinski definition) is 7. The second kappa shape index (κ2) is 10.6. The highest BCUT2D eigenvalue weighted by atomic mass is 35.5. The summed E-state index contributed by atoms with van der Waals surface area (Å²) in [4.78, 5) is 36.5. The minimum atomic E-state index is -1.38. The lowest BCUT2D eigenvalue weighted by molar-refractivity contribution is -0.268. The molecular weight excluding hydrogens is 472 g/mol. The third kappa shape index (κ3) is 5.04. The summed E-state index contributed by atoms with van der Waals surface area (Å²) in [7, 11) is 0. The van der Waals surface area contributed by atoms with Gasteiger partial charge in [-0.25, -0.2) is 9.59 Å². The third-order valence-electron chi connectivity index (χ3n) is 9.07. The van der Waals surface area contributed by atoms with E-state index in [0.29, 0.717) is 31.4 Å². The smallest absolute Gasteiger partial charge is 0.333 e. The summed E-state index contributed by atoms with van der Waals surface area (Å²) in [6.07, 6.45) is 6.54. The van der Waals surface area contributed by atoms with Crippen LogP contribution in [0.3, 0.4) is 0 Å². The lowest BCUT2D eigenvalue weighted by atomic mass is 9.42. The summed E-state index contributed by atoms with van der Waals surface area (Å²) in [5, 5.41) is 12.0. The van der Waals surface area contributed by atoms with Gasteiger partial charge in [0.1, 0.15) is 19.3 Å². The van der Waals surface area contributed by atoms with Gasteiger partial charge in [0.05, 0.1) is 16.9 Å². The highest BCUT2D eigenvalue weighted by molar-refractivity contribution is 6.18. The average Bonchev–Trinajstić information content (AvgIpc) is 3.24. The predicted molar refractivity (Wildman–Crippen MR) is 132 cm³/mol. The van der Waals surface area contributed by atoms with Crippen LogP contribution in [0, 0.1) is 22.7 Å². The van der Waals surface area contributed by atoms with Gasteiger partial charge < -0.3 is 19.3 Å². The molecular formula is C27H39ClO7. The number of ether oxygens (including phenoxy) is 3. The highest BCUT2D eigenvalue weighted by Crippen LogP contribution is 2.65. The Morgan fingerprint density at radius 3 is 2.63 bits per heavy atom. The number of alkyl halides is 1. The molecule has 3 aliphatic rings. The molecule has 0 spiro atoms. The molecule has 196 valence electrons. The first kappa shape index (κ1) is 27.7. The van der Waals surface area contributed by atoms with Crippen LogP contribution >= 0.6 is 11.6 Å². The molecule has 0 aromatic carbocycles. The summed E-state index contributed by atoms with van der Waals surface area (Å²) in [5.74, 6) is -1.25. The Morgan fingerprint density at radius 1 is 1.34 bits per heavy atom. The lowest BCUT2D eigenvalue weighted by Gasteiger charge is -2.65. The molecule has 1 N–H and O–H groups in total. The van der Waals surface area contributed by atoms with Crippen molar-refractivity contribution in [3.05, 3.63) is 23.3 Å². The average molecular weight is 511 g/mol. The van der Waals surface area contributed by atoms with Gasteiger partial charge in [0.25, 0.3) is 0 Å². The van der Waals surface area contributed by atoms with Crippen molar-refractivity contribution in [2.45, 2.75) is 84.8 Å². The Morgan fingerprint density at radius 2 is 2.06 bits per heavy atom. The van der Waals surface area contributed by atoms with Gasteiger partial charge in [0, 0.05) is 18.6 Å². The molecule has 0 saturated heterocycles. The van der Waals surface area contributed by atoms with Gasteiger partial charge in [0.15, 0.2) is 0 Å². The molecule has 2 fully saturated rings. The zero-order valence-corrected chi connectivity index (χ0v) is 22.3. The Labute approximate surface area is 213 Å². The summed E-state index contributed by atoms with van der Waals surface area (Å²) in [6.45, 7) is 9.38. The molecule has 7 nitrogen and oxygen atoms in total. The van der Waals surface area contributed by atoms with Crippen molar-refractivity contribution in [2.24, 2.45) is 22.7 Å². The zero-order chi connectivity index (χ0) is 26.0. The van der Waals surface area contributed by atoms with Crippen molar-refractivity contribution in [1.29, 1.82) is 0 Å². The second-order valence-electron chi connectivity index (χ2n) is 10.8. The molecule has 0 amide bonds. The summed E-state index contributed by atoms with van der Waals surface area (Å²) < 4.78 is 16.8. The van der Waals surface area contributed by atoms with Crippen LogP contribution in [0.1, 0.15) is 73.1 Å². The Hall–Kier alpha value is -1.86. The van der Waals surface area contributed by atoms with E-state index in [1.54, 1.807) is 26.0 Å². The van der Waals surface area contributed by atoms with Crippen molar-refractivity contribution in [3.8, 4) is 0 Å². The zero-order valence-electron chi connectivity index (χ0n) is 21.5. The number of aliphatic hydroxyl groups is 1. The number of allylic oxidation sites excluding steroid dienone is 1. The number of rotatable bonds is 8. The van der Waals surface area contributed by atoms with Crippen LogP contribution in [0.15, 0.2) is 23.3 Å². The summed E-state index contributed by atoms with van der Waals surface area (Å²) in [6, 6.07) is 0. The Balaban J connectivity index is 2.07. The largest absolute Gasteiger partial charge is 0.462 e. The first-order valence-electron chi connectivity index (χ1n) is 12.6. The van der Waals surface area contributed by atoms with E-state index in [1.807, 2.05) is 0 Å². The number of carbonyl (C=O) groups is 3. The third-order valence-corrected chi connectivity index (χ3v) is 9.51. The number of carbonyl (C=O) groups excluding carboxylic acids is 3. The standard InChI is InChI=1S/C27H39ClO7/c1-6-17(2)24(31)34-16-27-21(8-7-10-26(27,32)15-28)25(5,11-9-20-13-23(30)33-14-20)18(3)12-22(27)35-19(4)29/h6,13,18,21-22,32H,7-12,14-16H2,1-5H3/b17-6+/t18-,21-,22+,25+,26+,27+/m1/s1. The van der Waals surface area contributed by atoms with E-state index in [1.165, 1.54) is 6.92 Å². The number of halogens is 1. The number of fused-ring (bicyclic) bond motifs is 1. The molecule has 0 aromatic rings. The number of cyclic esters (lactones) is 1. The fourth-order valence-corrected chi connectivity index (χ4v) is 7.08. The molecule has 0 unspecified atom stereocenters. The first-order chi connectivity index (χ1) is 16.4. The molecule has 2 saturated carbocycles. The van der Waals surface area contributed by atoms with Gasteiger partial charge in [-0.3, -0.25) is 4.79 Å². The van der Waals surface area contributed by atoms with Gasteiger partial charge in [-0.15, -0.1) is 11.6 Å². The van der Waals surface area contributed by atoms with Crippen molar-refractivity contribution >= 4 is 29.5 Å². The van der Waals surface area contributed by atoms with Crippen LogP contribution in [0.5, 0.6) is 0 Å². The van der Waals surface area contributed by atoms with Crippen LogP contribution in [-0.4, -0.2) is 53.8 Å². The molecule has 2 aliphatic carbocycles. The number of hydrogen-bond donors (Lipinski definition) is 1. The minimum absolute atomic E-state index is 0.0562. The molecule has 6 atom stereocenters. The molecule has 0 aromatic heterocycles. The SMILES string of the molecule is C/C=C(\C)C(=O)OC[C@@]12[C@@H](OC(C)=O)C[C@@H](C)[C@](C)(CCC3=CC(=O)OC3)[C@H]1CCC[C@]2(O)CCl. The van der Waals surface area contributed by atoms with E-state index in [9.17, 15) is 19.5 Å². The van der Waals surface area contributed by atoms with Crippen LogP contribution in [0.2, 0.25) is 0 Å². The summed E-state index contributed by atoms with van der Waals surface area (Å²) >= 11 is 6.46. The maximum Gasteiger partial charge on any atom is 0.333 e. The normalized spacial score (nSPS) is 37.2. The summed E-state index contributed by atoms with van der Waals surface area (Å²) in [5.41, 5.74) is -1.30. The van der Waals surface area contributed by atoms with E-state index in [2.05, 4.69) is 13.8 Å². The topological polar surface area (TPSA) is 99.1 Å². The quantitative estimate of drug-likeness (QED) is 0.222. The van der Waals surface area contributed by atoms with Gasteiger partial charge >= 0.3 is 17.9 Å². The van der Waals surface area contributed by atoms with Gasteiger partial charge in [-0.05, 0) is 68.8 Å². The predicted octanol–water partition coefficient (Wildman–Crippen LogP) is 4.49. The minimum Gasteiger partial charge on any atom is -0.462 e.